The average molecular weight is 266 g/mol. The molecule has 0 aromatic heterocycles. The van der Waals surface area contributed by atoms with Gasteiger partial charge in [-0.05, 0) is 0 Å². The summed E-state index contributed by atoms with van der Waals surface area (Å²) in [4.78, 5) is 0.764. The summed E-state index contributed by atoms with van der Waals surface area (Å²) in [5.74, 6) is -1.56. The van der Waals surface area contributed by atoms with Gasteiger partial charge in [-0.15, -0.1) is 0 Å². The first-order valence-corrected chi connectivity index (χ1v) is 4.61. The second-order valence-electron chi connectivity index (χ2n) is 3.45. The molecule has 2 nitrogen and oxygen atoms in total. The van der Waals surface area contributed by atoms with Gasteiger partial charge in [0.25, 0.3) is 0 Å². The molecule has 1 aliphatic rings. The summed E-state index contributed by atoms with van der Waals surface area (Å²) in [5.41, 5.74) is 0. The minimum absolute atomic E-state index is 0.129. The van der Waals surface area contributed by atoms with Crippen molar-refractivity contribution < 1.29 is 30.7 Å². The molecular weight excluding hydrogens is 257 g/mol. The van der Waals surface area contributed by atoms with Crippen molar-refractivity contribution in [1.82, 2.24) is 9.80 Å². The molecule has 1 saturated heterocycles. The first-order valence-electron chi connectivity index (χ1n) is 4.61. The molecule has 1 heterocycles. The molecule has 1 aliphatic heterocycles. The second kappa shape index (κ2) is 4.71. The van der Waals surface area contributed by atoms with Crippen molar-refractivity contribution in [3.8, 4) is 0 Å². The monoisotopic (exact) mass is 266 g/mol. The topological polar surface area (TPSA) is 6.48 Å². The largest absolute Gasteiger partial charge is 0.460 e. The summed E-state index contributed by atoms with van der Waals surface area (Å²) < 4.78 is 84.8. The Hall–Kier alpha value is -0.990. The van der Waals surface area contributed by atoms with Crippen molar-refractivity contribution in [1.29, 1.82) is 0 Å². The molecule has 9 heteroatoms. The van der Waals surface area contributed by atoms with E-state index in [1.165, 1.54) is 0 Å². The van der Waals surface area contributed by atoms with Crippen molar-refractivity contribution in [2.75, 3.05) is 26.2 Å². The van der Waals surface area contributed by atoms with Crippen molar-refractivity contribution in [2.24, 2.45) is 0 Å². The first kappa shape index (κ1) is 14.1. The van der Waals surface area contributed by atoms with Gasteiger partial charge in [0.05, 0.1) is 6.08 Å². The first-order chi connectivity index (χ1) is 7.59. The lowest BCUT2D eigenvalue weighted by molar-refractivity contribution is -0.252. The van der Waals surface area contributed by atoms with Gasteiger partial charge in [-0.3, -0.25) is 0 Å². The maximum absolute atomic E-state index is 13.0. The zero-order chi connectivity index (χ0) is 13.3. The quantitative estimate of drug-likeness (QED) is 0.531. The zero-order valence-electron chi connectivity index (χ0n) is 8.45. The van der Waals surface area contributed by atoms with E-state index in [9.17, 15) is 30.7 Å². The third-order valence-electron chi connectivity index (χ3n) is 2.22. The lowest BCUT2D eigenvalue weighted by Gasteiger charge is -2.35. The fraction of sp³-hybridized carbons (Fsp3) is 0.750. The summed E-state index contributed by atoms with van der Waals surface area (Å²) in [6.45, 7) is -1.97. The SMILES string of the molecule is FC(=CC(F)(F)F)N1CCN(C(F)(F)F)CC1. The van der Waals surface area contributed by atoms with Gasteiger partial charge in [-0.25, -0.2) is 4.90 Å². The summed E-state index contributed by atoms with van der Waals surface area (Å²) in [6.07, 6.45) is -9.90. The van der Waals surface area contributed by atoms with Crippen LogP contribution in [0.2, 0.25) is 0 Å². The summed E-state index contributed by atoms with van der Waals surface area (Å²) in [6, 6.07) is 0. The molecule has 0 aromatic carbocycles. The average Bonchev–Trinajstić information content (AvgIpc) is 2.14. The van der Waals surface area contributed by atoms with Crippen LogP contribution in [0.15, 0.2) is 12.0 Å². The van der Waals surface area contributed by atoms with E-state index in [0.29, 0.717) is 4.90 Å². The molecule has 0 unspecified atom stereocenters. The van der Waals surface area contributed by atoms with Crippen LogP contribution >= 0.6 is 0 Å². The zero-order valence-corrected chi connectivity index (χ0v) is 8.45. The molecule has 0 N–H and O–H groups in total. The molecule has 0 aliphatic carbocycles. The number of alkyl halides is 6. The Bertz CT molecular complexity index is 285. The van der Waals surface area contributed by atoms with Crippen LogP contribution < -0.4 is 0 Å². The lowest BCUT2D eigenvalue weighted by atomic mass is 10.3. The summed E-state index contributed by atoms with van der Waals surface area (Å²) >= 11 is 0. The van der Waals surface area contributed by atoms with Crippen LogP contribution in [0.4, 0.5) is 30.7 Å². The fourth-order valence-corrected chi connectivity index (χ4v) is 1.40. The molecule has 0 bridgehead atoms. The predicted octanol–water partition coefficient (Wildman–Crippen LogP) is 2.50. The predicted molar refractivity (Wildman–Crippen MR) is 44.4 cm³/mol. The molecule has 17 heavy (non-hydrogen) atoms. The van der Waals surface area contributed by atoms with Crippen molar-refractivity contribution >= 4 is 0 Å². The van der Waals surface area contributed by atoms with E-state index in [2.05, 4.69) is 0 Å². The number of piperazine rings is 1. The van der Waals surface area contributed by atoms with Gasteiger partial charge in [0.15, 0.2) is 5.95 Å². The highest BCUT2D eigenvalue weighted by molar-refractivity contribution is 4.98. The van der Waals surface area contributed by atoms with Gasteiger partial charge in [0.2, 0.25) is 0 Å². The molecule has 100 valence electrons. The lowest BCUT2D eigenvalue weighted by Crippen LogP contribution is -2.51. The Labute approximate surface area is 92.3 Å². The second-order valence-corrected chi connectivity index (χ2v) is 3.45. The van der Waals surface area contributed by atoms with Crippen molar-refractivity contribution in [3.63, 3.8) is 0 Å². The Balaban J connectivity index is 2.56. The van der Waals surface area contributed by atoms with Crippen LogP contribution in [0.5, 0.6) is 0 Å². The van der Waals surface area contributed by atoms with Crippen LogP contribution in [-0.2, 0) is 0 Å². The molecule has 0 spiro atoms. The number of rotatable bonds is 1. The van der Waals surface area contributed by atoms with E-state index in [-0.39, 0.29) is 4.90 Å². The van der Waals surface area contributed by atoms with Crippen LogP contribution in [0, 0.1) is 0 Å². The third kappa shape index (κ3) is 4.41. The van der Waals surface area contributed by atoms with E-state index >= 15 is 0 Å². The molecule has 0 amide bonds. The smallest absolute Gasteiger partial charge is 0.346 e. The van der Waals surface area contributed by atoms with Gasteiger partial charge >= 0.3 is 12.5 Å². The minimum atomic E-state index is -4.81. The van der Waals surface area contributed by atoms with Gasteiger partial charge in [0, 0.05) is 26.2 Å². The summed E-state index contributed by atoms with van der Waals surface area (Å²) in [5, 5.41) is 0. The molecule has 0 atom stereocenters. The van der Waals surface area contributed by atoms with E-state index in [4.69, 9.17) is 0 Å². The van der Waals surface area contributed by atoms with Crippen LogP contribution in [0.25, 0.3) is 0 Å². The van der Waals surface area contributed by atoms with E-state index in [0.717, 1.165) is 0 Å². The van der Waals surface area contributed by atoms with Crippen LogP contribution in [0.1, 0.15) is 0 Å². The normalized spacial score (nSPS) is 20.9. The number of allylic oxidation sites excluding steroid dienone is 1. The van der Waals surface area contributed by atoms with Gasteiger partial charge in [0.1, 0.15) is 0 Å². The number of halogens is 7. The summed E-state index contributed by atoms with van der Waals surface area (Å²) in [7, 11) is 0. The number of hydrogen-bond donors (Lipinski definition) is 0. The molecule has 0 radical (unpaired) electrons. The van der Waals surface area contributed by atoms with Crippen LogP contribution in [0.3, 0.4) is 0 Å². The Morgan fingerprint density at radius 3 is 1.71 bits per heavy atom. The molecular formula is C8H9F7N2. The fourth-order valence-electron chi connectivity index (χ4n) is 1.40. The maximum Gasteiger partial charge on any atom is 0.460 e. The molecule has 1 rings (SSSR count). The Kier molecular flexibility index (Phi) is 3.90. The highest BCUT2D eigenvalue weighted by Crippen LogP contribution is 2.25. The molecule has 0 saturated carbocycles. The Morgan fingerprint density at radius 1 is 0.882 bits per heavy atom. The van der Waals surface area contributed by atoms with Gasteiger partial charge in [-0.2, -0.15) is 30.7 Å². The van der Waals surface area contributed by atoms with Crippen LogP contribution in [-0.4, -0.2) is 48.5 Å². The highest BCUT2D eigenvalue weighted by Gasteiger charge is 2.39. The van der Waals surface area contributed by atoms with Crippen molar-refractivity contribution in [2.45, 2.75) is 12.5 Å². The number of nitrogens with zero attached hydrogens (tertiary/aromatic N) is 2. The van der Waals surface area contributed by atoms with Gasteiger partial charge < -0.3 is 4.90 Å². The molecule has 0 aromatic rings. The minimum Gasteiger partial charge on any atom is -0.346 e. The van der Waals surface area contributed by atoms with E-state index in [1.54, 1.807) is 0 Å². The van der Waals surface area contributed by atoms with E-state index < -0.39 is 50.7 Å². The van der Waals surface area contributed by atoms with Gasteiger partial charge in [-0.1, -0.05) is 0 Å². The maximum atomic E-state index is 13.0. The highest BCUT2D eigenvalue weighted by atomic mass is 19.4. The number of hydrogen-bond acceptors (Lipinski definition) is 2. The standard InChI is InChI=1S/C8H9F7N2/c9-6(5-7(10,11)12)16-1-3-17(4-2-16)8(13,14)15/h5H,1-4H2. The van der Waals surface area contributed by atoms with Crippen molar-refractivity contribution in [3.05, 3.63) is 12.0 Å². The Morgan fingerprint density at radius 2 is 1.35 bits per heavy atom. The van der Waals surface area contributed by atoms with E-state index in [1.807, 2.05) is 0 Å². The third-order valence-corrected chi connectivity index (χ3v) is 2.22. The molecule has 1 fully saturated rings.